The van der Waals surface area contributed by atoms with Crippen molar-refractivity contribution in [3.8, 4) is 22.6 Å². The lowest BCUT2D eigenvalue weighted by molar-refractivity contribution is -0.301. The lowest BCUT2D eigenvalue weighted by Gasteiger charge is -2.39. The molecule has 52 heavy (non-hydrogen) atoms. The minimum atomic E-state index is -1.50. The number of aliphatic hydroxyl groups is 5. The molecule has 0 saturated carbocycles. The maximum atomic E-state index is 10.2. The number of benzene rings is 6. The molecule has 5 atom stereocenters. The molecule has 5 N–H and O–H groups in total. The summed E-state index contributed by atoms with van der Waals surface area (Å²) < 4.78 is 22.7. The largest absolute Gasteiger partial charge is 0.491 e. The van der Waals surface area contributed by atoms with Gasteiger partial charge in [0, 0.05) is 0 Å². The van der Waals surface area contributed by atoms with E-state index in [2.05, 4.69) is 91.0 Å². The Morgan fingerprint density at radius 3 is 1.62 bits per heavy atom. The molecule has 9 nitrogen and oxygen atoms in total. The molecular weight excluding hydrogens is 660 g/mol. The molecule has 6 aromatic carbocycles. The molecule has 1 aliphatic heterocycles. The normalized spacial score (nSPS) is 21.9. The van der Waals surface area contributed by atoms with Gasteiger partial charge in [0.1, 0.15) is 49.1 Å². The Balaban J connectivity index is 1.11. The molecule has 8 rings (SSSR count). The Morgan fingerprint density at radius 1 is 0.538 bits per heavy atom. The fourth-order valence-corrected chi connectivity index (χ4v) is 7.81. The molecule has 1 fully saturated rings. The first-order valence-corrected chi connectivity index (χ1v) is 17.5. The maximum absolute atomic E-state index is 10.2. The van der Waals surface area contributed by atoms with Crippen molar-refractivity contribution >= 4 is 21.5 Å². The van der Waals surface area contributed by atoms with Crippen LogP contribution in [0, 0.1) is 0 Å². The van der Waals surface area contributed by atoms with Crippen molar-refractivity contribution in [3.05, 3.63) is 144 Å². The number of fused-ring (bicyclic) bond motifs is 5. The average Bonchev–Trinajstić information content (AvgIpc) is 3.49. The smallest absolute Gasteiger partial charge is 0.186 e. The molecule has 2 aliphatic rings. The highest BCUT2D eigenvalue weighted by Crippen LogP contribution is 2.56. The summed E-state index contributed by atoms with van der Waals surface area (Å²) in [6.07, 6.45) is -6.65. The summed E-state index contributed by atoms with van der Waals surface area (Å²) in [7, 11) is 0. The van der Waals surface area contributed by atoms with Crippen LogP contribution < -0.4 is 9.47 Å². The zero-order chi connectivity index (χ0) is 35.8. The van der Waals surface area contributed by atoms with E-state index >= 15 is 0 Å². The van der Waals surface area contributed by atoms with E-state index in [0.717, 1.165) is 38.4 Å². The Morgan fingerprint density at radius 2 is 1.06 bits per heavy atom. The summed E-state index contributed by atoms with van der Waals surface area (Å²) in [6, 6.07) is 42.5. The first-order chi connectivity index (χ1) is 25.4. The van der Waals surface area contributed by atoms with Gasteiger partial charge in [0.2, 0.25) is 0 Å². The summed E-state index contributed by atoms with van der Waals surface area (Å²) in [6.45, 7) is -0.125. The minimum Gasteiger partial charge on any atom is -0.491 e. The SMILES string of the molecule is OCCOc1ccc2cc(C3(c4ccc5cc(OCCOC6O[C@H](CO)[C@@H](O)[C@H](O)[C@H]6O)ccc5c4)c4ccccc4-c4ccccc43)ccc2c1. The van der Waals surface area contributed by atoms with Gasteiger partial charge in [-0.25, -0.2) is 0 Å². The molecule has 0 amide bonds. The van der Waals surface area contributed by atoms with Crippen LogP contribution in [0.5, 0.6) is 11.5 Å². The van der Waals surface area contributed by atoms with Gasteiger partial charge in [-0.2, -0.15) is 0 Å². The van der Waals surface area contributed by atoms with E-state index < -0.39 is 42.7 Å². The van der Waals surface area contributed by atoms with Crippen LogP contribution in [0.25, 0.3) is 32.7 Å². The van der Waals surface area contributed by atoms with Gasteiger partial charge in [-0.1, -0.05) is 84.9 Å². The van der Waals surface area contributed by atoms with Gasteiger partial charge in [0.05, 0.1) is 25.2 Å². The van der Waals surface area contributed by atoms with Crippen LogP contribution >= 0.6 is 0 Å². The van der Waals surface area contributed by atoms with Crippen molar-refractivity contribution in [2.24, 2.45) is 0 Å². The molecule has 266 valence electrons. The minimum absolute atomic E-state index is 0.0398. The van der Waals surface area contributed by atoms with Gasteiger partial charge in [-0.05, 0) is 91.3 Å². The first kappa shape index (κ1) is 34.3. The quantitative estimate of drug-likeness (QED) is 0.119. The van der Waals surface area contributed by atoms with E-state index in [9.17, 15) is 25.5 Å². The highest BCUT2D eigenvalue weighted by Gasteiger charge is 2.46. The first-order valence-electron chi connectivity index (χ1n) is 17.5. The highest BCUT2D eigenvalue weighted by molar-refractivity contribution is 5.92. The van der Waals surface area contributed by atoms with Crippen molar-refractivity contribution in [1.82, 2.24) is 0 Å². The van der Waals surface area contributed by atoms with Crippen molar-refractivity contribution in [2.75, 3.05) is 33.0 Å². The van der Waals surface area contributed by atoms with Crippen LogP contribution in [0.1, 0.15) is 22.3 Å². The van der Waals surface area contributed by atoms with Crippen LogP contribution in [-0.2, 0) is 14.9 Å². The van der Waals surface area contributed by atoms with Crippen LogP contribution in [0.2, 0.25) is 0 Å². The number of hydrogen-bond donors (Lipinski definition) is 5. The van der Waals surface area contributed by atoms with Crippen LogP contribution in [-0.4, -0.2) is 89.3 Å². The van der Waals surface area contributed by atoms with Gasteiger partial charge in [0.25, 0.3) is 0 Å². The van der Waals surface area contributed by atoms with Crippen LogP contribution in [0.4, 0.5) is 0 Å². The Kier molecular flexibility index (Phi) is 9.42. The van der Waals surface area contributed by atoms with Gasteiger partial charge in [0.15, 0.2) is 6.29 Å². The number of hydrogen-bond acceptors (Lipinski definition) is 9. The third-order valence-electron chi connectivity index (χ3n) is 10.3. The second-order valence-corrected chi connectivity index (χ2v) is 13.3. The van der Waals surface area contributed by atoms with Crippen molar-refractivity contribution in [1.29, 1.82) is 0 Å². The summed E-state index contributed by atoms with van der Waals surface area (Å²) in [5.74, 6) is 1.36. The third-order valence-corrected chi connectivity index (χ3v) is 10.3. The fraction of sp³-hybridized carbons (Fsp3) is 0.256. The van der Waals surface area contributed by atoms with Crippen molar-refractivity contribution in [3.63, 3.8) is 0 Å². The fourth-order valence-electron chi connectivity index (χ4n) is 7.81. The topological polar surface area (TPSA) is 138 Å². The Bertz CT molecular complexity index is 2170. The number of rotatable bonds is 11. The summed E-state index contributed by atoms with van der Waals surface area (Å²) >= 11 is 0. The molecule has 0 radical (unpaired) electrons. The van der Waals surface area contributed by atoms with Crippen LogP contribution in [0.15, 0.2) is 121 Å². The van der Waals surface area contributed by atoms with E-state index in [-0.39, 0.29) is 26.4 Å². The second-order valence-electron chi connectivity index (χ2n) is 13.3. The lowest BCUT2D eigenvalue weighted by Crippen LogP contribution is -2.59. The zero-order valence-corrected chi connectivity index (χ0v) is 28.3. The maximum Gasteiger partial charge on any atom is 0.186 e. The molecule has 0 spiro atoms. The Hall–Kier alpha value is -4.84. The van der Waals surface area contributed by atoms with Gasteiger partial charge in [-0.3, -0.25) is 0 Å². The van der Waals surface area contributed by atoms with Gasteiger partial charge < -0.3 is 44.5 Å². The summed E-state index contributed by atoms with van der Waals surface area (Å²) in [4.78, 5) is 0. The number of ether oxygens (including phenoxy) is 4. The van der Waals surface area contributed by atoms with E-state index in [1.54, 1.807) is 0 Å². The predicted molar refractivity (Wildman–Crippen MR) is 197 cm³/mol. The summed E-state index contributed by atoms with van der Waals surface area (Å²) in [5.41, 5.74) is 6.57. The molecule has 1 heterocycles. The van der Waals surface area contributed by atoms with Crippen molar-refractivity contribution < 1.29 is 44.5 Å². The Labute approximate surface area is 300 Å². The van der Waals surface area contributed by atoms with E-state index in [1.165, 1.54) is 22.3 Å². The third kappa shape index (κ3) is 5.90. The summed E-state index contributed by atoms with van der Waals surface area (Å²) in [5, 5.41) is 53.1. The monoisotopic (exact) mass is 700 g/mol. The molecule has 1 aliphatic carbocycles. The van der Waals surface area contributed by atoms with E-state index in [0.29, 0.717) is 5.75 Å². The molecule has 6 aromatic rings. The average molecular weight is 701 g/mol. The molecule has 0 aromatic heterocycles. The molecule has 0 bridgehead atoms. The standard InChI is InChI=1S/C43H40O9/c44-17-18-49-32-15-11-26-21-30(13-9-28(26)23-32)43(36-7-3-1-5-34(36)35-6-2-4-8-37(35)43)31-14-10-29-24-33(16-12-27(29)22-31)50-19-20-51-42-41(48)40(47)39(46)38(25-45)52-42/h1-16,21-24,38-42,44-48H,17-20,25H2/t38-,39-,40+,41-,42?/m1/s1. The molecular formula is C43H40O9. The predicted octanol–water partition coefficient (Wildman–Crippen LogP) is 4.92. The van der Waals surface area contributed by atoms with E-state index in [1.807, 2.05) is 30.3 Å². The molecule has 1 unspecified atom stereocenters. The van der Waals surface area contributed by atoms with E-state index in [4.69, 9.17) is 18.9 Å². The zero-order valence-electron chi connectivity index (χ0n) is 28.3. The molecule has 9 heteroatoms. The van der Waals surface area contributed by atoms with Crippen molar-refractivity contribution in [2.45, 2.75) is 36.1 Å². The second kappa shape index (κ2) is 14.3. The molecule has 1 saturated heterocycles. The van der Waals surface area contributed by atoms with Gasteiger partial charge in [-0.15, -0.1) is 0 Å². The van der Waals surface area contributed by atoms with Crippen LogP contribution in [0.3, 0.4) is 0 Å². The highest BCUT2D eigenvalue weighted by atomic mass is 16.7. The lowest BCUT2D eigenvalue weighted by atomic mass is 9.67. The number of aliphatic hydroxyl groups excluding tert-OH is 5. The van der Waals surface area contributed by atoms with Gasteiger partial charge >= 0.3 is 0 Å².